The molecule has 37 heavy (non-hydrogen) atoms. The maximum absolute atomic E-state index is 13.6. The highest BCUT2D eigenvalue weighted by Crippen LogP contribution is 2.45. The molecule has 200 valence electrons. The molecule has 1 heterocycles. The first kappa shape index (κ1) is 28.7. The first-order chi connectivity index (χ1) is 17.4. The fourth-order valence-corrected chi connectivity index (χ4v) is 5.37. The molecule has 1 aromatic rings. The Morgan fingerprint density at radius 2 is 1.86 bits per heavy atom. The van der Waals surface area contributed by atoms with E-state index >= 15 is 0 Å². The van der Waals surface area contributed by atoms with Crippen LogP contribution in [-0.2, 0) is 11.2 Å². The largest absolute Gasteiger partial charge is 0.418 e. The van der Waals surface area contributed by atoms with Crippen molar-refractivity contribution in [2.75, 3.05) is 19.6 Å². The van der Waals surface area contributed by atoms with E-state index in [0.717, 1.165) is 29.6 Å². The summed E-state index contributed by atoms with van der Waals surface area (Å²) in [6, 6.07) is 8.48. The predicted molar refractivity (Wildman–Crippen MR) is 137 cm³/mol. The second-order valence-corrected chi connectivity index (χ2v) is 10.5. The molecule has 3 rings (SSSR count). The summed E-state index contributed by atoms with van der Waals surface area (Å²) in [7, 11) is 0. The van der Waals surface area contributed by atoms with Crippen LogP contribution in [0.2, 0.25) is 0 Å². The van der Waals surface area contributed by atoms with E-state index in [1.165, 1.54) is 0 Å². The Kier molecular flexibility index (Phi) is 9.04. The van der Waals surface area contributed by atoms with Crippen LogP contribution in [0.4, 0.5) is 13.2 Å². The molecule has 0 spiro atoms. The fourth-order valence-electron chi connectivity index (χ4n) is 5.37. The lowest BCUT2D eigenvalue weighted by Crippen LogP contribution is -2.52. The Morgan fingerprint density at radius 3 is 2.38 bits per heavy atom. The van der Waals surface area contributed by atoms with E-state index in [-0.39, 0.29) is 19.0 Å². The van der Waals surface area contributed by atoms with Gasteiger partial charge in [-0.05, 0) is 62.8 Å². The molecule has 1 saturated heterocycles. The normalized spacial score (nSPS) is 22.8. The van der Waals surface area contributed by atoms with Crippen molar-refractivity contribution >= 4 is 5.91 Å². The van der Waals surface area contributed by atoms with Crippen LogP contribution in [0.25, 0.3) is 0 Å². The molecule has 1 amide bonds. The van der Waals surface area contributed by atoms with Crippen molar-refractivity contribution in [2.45, 2.75) is 70.2 Å². The number of rotatable bonds is 9. The summed E-state index contributed by atoms with van der Waals surface area (Å²) in [5.74, 6) is -0.145. The number of halogens is 3. The van der Waals surface area contributed by atoms with E-state index in [1.807, 2.05) is 26.0 Å². The Bertz CT molecular complexity index is 1080. The Morgan fingerprint density at radius 1 is 1.22 bits per heavy atom. The SMILES string of the molecule is C=C/C(=C\C=C(C)C)C1(C(=O)NCC(Cc2ccc(C#N)cc2)N2CCC(O)(C(F)(F)F)C2)CCCC1. The third kappa shape index (κ3) is 6.52. The number of nitriles is 1. The van der Waals surface area contributed by atoms with Gasteiger partial charge in [-0.3, -0.25) is 9.69 Å². The number of hydrogen-bond donors (Lipinski definition) is 2. The highest BCUT2D eigenvalue weighted by Gasteiger charge is 2.57. The number of carbonyl (C=O) groups is 1. The van der Waals surface area contributed by atoms with Gasteiger partial charge in [-0.15, -0.1) is 0 Å². The van der Waals surface area contributed by atoms with Crippen LogP contribution < -0.4 is 5.32 Å². The molecule has 0 bridgehead atoms. The molecular formula is C29H36F3N3O2. The minimum atomic E-state index is -4.73. The number of hydrogen-bond acceptors (Lipinski definition) is 4. The van der Waals surface area contributed by atoms with Crippen molar-refractivity contribution in [1.29, 1.82) is 5.26 Å². The predicted octanol–water partition coefficient (Wildman–Crippen LogP) is 5.22. The van der Waals surface area contributed by atoms with Crippen LogP contribution in [-0.4, -0.2) is 53.4 Å². The summed E-state index contributed by atoms with van der Waals surface area (Å²) < 4.78 is 40.6. The number of allylic oxidation sites excluding steroid dienone is 4. The Hall–Kier alpha value is -2.89. The highest BCUT2D eigenvalue weighted by molar-refractivity contribution is 5.87. The van der Waals surface area contributed by atoms with Crippen molar-refractivity contribution in [3.05, 3.63) is 71.3 Å². The number of nitrogens with one attached hydrogen (secondary N) is 1. The molecular weight excluding hydrogens is 479 g/mol. The highest BCUT2D eigenvalue weighted by atomic mass is 19.4. The van der Waals surface area contributed by atoms with Crippen molar-refractivity contribution in [1.82, 2.24) is 10.2 Å². The minimum Gasteiger partial charge on any atom is -0.379 e. The zero-order valence-corrected chi connectivity index (χ0v) is 21.6. The molecule has 1 aliphatic carbocycles. The molecule has 1 saturated carbocycles. The van der Waals surface area contributed by atoms with E-state index in [9.17, 15) is 23.1 Å². The average molecular weight is 516 g/mol. The Balaban J connectivity index is 1.83. The molecule has 0 radical (unpaired) electrons. The van der Waals surface area contributed by atoms with Crippen LogP contribution in [0.3, 0.4) is 0 Å². The molecule has 1 aliphatic heterocycles. The van der Waals surface area contributed by atoms with Crippen molar-refractivity contribution < 1.29 is 23.1 Å². The summed E-state index contributed by atoms with van der Waals surface area (Å²) in [5, 5.41) is 22.4. The van der Waals surface area contributed by atoms with Gasteiger partial charge in [0, 0.05) is 25.7 Å². The quantitative estimate of drug-likeness (QED) is 0.442. The first-order valence-corrected chi connectivity index (χ1v) is 12.7. The monoisotopic (exact) mass is 515 g/mol. The summed E-state index contributed by atoms with van der Waals surface area (Å²) >= 11 is 0. The fraction of sp³-hybridized carbons (Fsp3) is 0.517. The van der Waals surface area contributed by atoms with Gasteiger partial charge in [0.25, 0.3) is 0 Å². The van der Waals surface area contributed by atoms with Crippen molar-refractivity contribution in [3.63, 3.8) is 0 Å². The average Bonchev–Trinajstić information content (AvgIpc) is 3.51. The van der Waals surface area contributed by atoms with Crippen LogP contribution >= 0.6 is 0 Å². The van der Waals surface area contributed by atoms with Crippen molar-refractivity contribution in [3.8, 4) is 6.07 Å². The van der Waals surface area contributed by atoms with Gasteiger partial charge in [0.15, 0.2) is 5.60 Å². The number of carbonyl (C=O) groups excluding carboxylic acids is 1. The molecule has 0 aromatic heterocycles. The summed E-state index contributed by atoms with van der Waals surface area (Å²) in [6.45, 7) is 7.55. The number of aliphatic hydroxyl groups is 1. The molecule has 2 aliphatic rings. The van der Waals surface area contributed by atoms with Gasteiger partial charge in [-0.25, -0.2) is 0 Å². The number of amides is 1. The van der Waals surface area contributed by atoms with Crippen LogP contribution in [0.1, 0.15) is 57.1 Å². The van der Waals surface area contributed by atoms with Gasteiger partial charge in [0.2, 0.25) is 5.91 Å². The lowest BCUT2D eigenvalue weighted by atomic mass is 9.77. The van der Waals surface area contributed by atoms with Crippen molar-refractivity contribution in [2.24, 2.45) is 5.41 Å². The standard InChI is InChI=1S/C29H36F3N3O2/c1-4-24(12-7-21(2)3)27(13-5-6-14-27)26(36)34-19-25(17-22-8-10-23(18-33)11-9-22)35-16-15-28(37,20-35)29(30,31)32/h4,7-12,25,37H,1,5-6,13-17,19-20H2,2-3H3,(H,34,36)/b24-12+. The Labute approximate surface area is 217 Å². The maximum Gasteiger partial charge on any atom is 0.418 e. The van der Waals surface area contributed by atoms with Gasteiger partial charge >= 0.3 is 6.18 Å². The molecule has 2 unspecified atom stereocenters. The van der Waals surface area contributed by atoms with Gasteiger partial charge in [0.1, 0.15) is 0 Å². The summed E-state index contributed by atoms with van der Waals surface area (Å²) in [4.78, 5) is 15.3. The van der Waals surface area contributed by atoms with Gasteiger partial charge in [-0.2, -0.15) is 18.4 Å². The number of alkyl halides is 3. The molecule has 1 aromatic carbocycles. The third-order valence-electron chi connectivity index (χ3n) is 7.63. The van der Waals surface area contributed by atoms with E-state index in [4.69, 9.17) is 5.26 Å². The second kappa shape index (κ2) is 11.7. The van der Waals surface area contributed by atoms with Gasteiger partial charge in [0.05, 0.1) is 17.0 Å². The molecule has 2 atom stereocenters. The zero-order chi connectivity index (χ0) is 27.3. The summed E-state index contributed by atoms with van der Waals surface area (Å²) in [6.07, 6.45) is 4.04. The lowest BCUT2D eigenvalue weighted by molar-refractivity contribution is -0.254. The van der Waals surface area contributed by atoms with E-state index in [0.29, 0.717) is 24.8 Å². The van der Waals surface area contributed by atoms with Crippen LogP contribution in [0.15, 0.2) is 60.2 Å². The first-order valence-electron chi connectivity index (χ1n) is 12.7. The molecule has 8 heteroatoms. The van der Waals surface area contributed by atoms with E-state index < -0.39 is 36.2 Å². The maximum atomic E-state index is 13.6. The lowest BCUT2D eigenvalue weighted by Gasteiger charge is -2.33. The second-order valence-electron chi connectivity index (χ2n) is 10.5. The molecule has 2 fully saturated rings. The van der Waals surface area contributed by atoms with Gasteiger partial charge in [-0.1, -0.05) is 55.4 Å². The third-order valence-corrected chi connectivity index (χ3v) is 7.63. The van der Waals surface area contributed by atoms with Crippen LogP contribution in [0.5, 0.6) is 0 Å². The summed E-state index contributed by atoms with van der Waals surface area (Å²) in [5.41, 5.74) is -0.211. The van der Waals surface area contributed by atoms with E-state index in [1.54, 1.807) is 35.2 Å². The number of β-amino-alcohol motifs (C(OH)–C–C–N with tert-alkyl or cyclic N) is 1. The smallest absolute Gasteiger partial charge is 0.379 e. The number of benzene rings is 1. The number of nitrogens with zero attached hydrogens (tertiary/aromatic N) is 2. The zero-order valence-electron chi connectivity index (χ0n) is 21.6. The number of likely N-dealkylation sites (tertiary alicyclic amines) is 1. The van der Waals surface area contributed by atoms with E-state index in [2.05, 4.69) is 18.0 Å². The van der Waals surface area contributed by atoms with Crippen LogP contribution in [0, 0.1) is 16.7 Å². The minimum absolute atomic E-state index is 0.0658. The topological polar surface area (TPSA) is 76.4 Å². The van der Waals surface area contributed by atoms with Gasteiger partial charge < -0.3 is 10.4 Å². The molecule has 2 N–H and O–H groups in total. The molecule has 5 nitrogen and oxygen atoms in total.